The summed E-state index contributed by atoms with van der Waals surface area (Å²) in [5, 5.41) is 0. The van der Waals surface area contributed by atoms with Crippen molar-refractivity contribution in [3.05, 3.63) is 71.0 Å². The van der Waals surface area contributed by atoms with Crippen molar-refractivity contribution < 1.29 is 27.1 Å². The lowest BCUT2D eigenvalue weighted by Gasteiger charge is -2.09. The van der Waals surface area contributed by atoms with Gasteiger partial charge in [0.1, 0.15) is 0 Å². The van der Waals surface area contributed by atoms with Gasteiger partial charge in [0.25, 0.3) is 0 Å². The predicted octanol–water partition coefficient (Wildman–Crippen LogP) is 4.75. The first-order valence-electron chi connectivity index (χ1n) is 6.55. The SMILES string of the molecule is COc1ccc(C(=O)C=Cc2ccccc2C(F)(F)F)cc1F. The quantitative estimate of drug-likeness (QED) is 0.461. The minimum Gasteiger partial charge on any atom is -0.494 e. The molecular weight excluding hydrogens is 312 g/mol. The average Bonchev–Trinajstić information content (AvgIpc) is 2.52. The Bertz CT molecular complexity index is 748. The van der Waals surface area contributed by atoms with Gasteiger partial charge >= 0.3 is 6.18 Å². The number of benzene rings is 2. The molecule has 0 heterocycles. The molecule has 0 N–H and O–H groups in total. The number of ether oxygens (including phenoxy) is 1. The van der Waals surface area contributed by atoms with Gasteiger partial charge in [-0.05, 0) is 35.9 Å². The third-order valence-corrected chi connectivity index (χ3v) is 3.12. The van der Waals surface area contributed by atoms with E-state index >= 15 is 0 Å². The fourth-order valence-corrected chi connectivity index (χ4v) is 1.98. The Balaban J connectivity index is 2.27. The number of rotatable bonds is 4. The minimum atomic E-state index is -4.52. The van der Waals surface area contributed by atoms with Gasteiger partial charge in [-0.1, -0.05) is 24.3 Å². The number of methoxy groups -OCH3 is 1. The number of allylic oxidation sites excluding steroid dienone is 1. The number of alkyl halides is 3. The number of carbonyl (C=O) groups excluding carboxylic acids is 1. The summed E-state index contributed by atoms with van der Waals surface area (Å²) in [6.07, 6.45) is -2.48. The zero-order valence-corrected chi connectivity index (χ0v) is 12.0. The largest absolute Gasteiger partial charge is 0.494 e. The van der Waals surface area contributed by atoms with Gasteiger partial charge in [0, 0.05) is 5.56 Å². The fourth-order valence-electron chi connectivity index (χ4n) is 1.98. The van der Waals surface area contributed by atoms with Crippen LogP contribution in [0.2, 0.25) is 0 Å². The summed E-state index contributed by atoms with van der Waals surface area (Å²) in [5.41, 5.74) is -0.962. The van der Waals surface area contributed by atoms with Crippen molar-refractivity contribution in [1.82, 2.24) is 0 Å². The van der Waals surface area contributed by atoms with E-state index in [4.69, 9.17) is 4.74 Å². The maximum atomic E-state index is 13.5. The van der Waals surface area contributed by atoms with Crippen molar-refractivity contribution in [3.63, 3.8) is 0 Å². The van der Waals surface area contributed by atoms with Crippen LogP contribution in [0.4, 0.5) is 17.6 Å². The van der Waals surface area contributed by atoms with Crippen LogP contribution in [0.15, 0.2) is 48.5 Å². The Labute approximate surface area is 130 Å². The summed E-state index contributed by atoms with van der Waals surface area (Å²) in [4.78, 5) is 12.0. The molecule has 0 aliphatic rings. The van der Waals surface area contributed by atoms with Crippen LogP contribution in [0.1, 0.15) is 21.5 Å². The van der Waals surface area contributed by atoms with E-state index in [2.05, 4.69) is 0 Å². The van der Waals surface area contributed by atoms with Gasteiger partial charge in [0.15, 0.2) is 17.3 Å². The van der Waals surface area contributed by atoms with E-state index < -0.39 is 23.3 Å². The molecule has 0 aliphatic heterocycles. The van der Waals surface area contributed by atoms with Crippen LogP contribution in [0.5, 0.6) is 5.75 Å². The van der Waals surface area contributed by atoms with Crippen LogP contribution < -0.4 is 4.74 Å². The minimum absolute atomic E-state index is 0.0176. The molecule has 2 aromatic rings. The lowest BCUT2D eigenvalue weighted by molar-refractivity contribution is -0.137. The molecule has 2 rings (SSSR count). The van der Waals surface area contributed by atoms with Crippen LogP contribution in [0, 0.1) is 5.82 Å². The van der Waals surface area contributed by atoms with Gasteiger partial charge in [-0.3, -0.25) is 4.79 Å². The summed E-state index contributed by atoms with van der Waals surface area (Å²) in [6.45, 7) is 0. The van der Waals surface area contributed by atoms with Crippen molar-refractivity contribution in [1.29, 1.82) is 0 Å². The molecule has 0 amide bonds. The highest BCUT2D eigenvalue weighted by atomic mass is 19.4. The fraction of sp³-hybridized carbons (Fsp3) is 0.118. The van der Waals surface area contributed by atoms with Crippen LogP contribution in [-0.2, 0) is 6.18 Å². The lowest BCUT2D eigenvalue weighted by atomic mass is 10.0. The van der Waals surface area contributed by atoms with E-state index in [1.54, 1.807) is 0 Å². The highest BCUT2D eigenvalue weighted by molar-refractivity contribution is 6.07. The Morgan fingerprint density at radius 1 is 1.13 bits per heavy atom. The van der Waals surface area contributed by atoms with Gasteiger partial charge in [-0.2, -0.15) is 13.2 Å². The van der Waals surface area contributed by atoms with E-state index in [1.807, 2.05) is 0 Å². The molecule has 0 spiro atoms. The number of hydrogen-bond acceptors (Lipinski definition) is 2. The molecular formula is C17H12F4O2. The molecule has 0 unspecified atom stereocenters. The zero-order chi connectivity index (χ0) is 17.0. The normalized spacial score (nSPS) is 11.7. The molecule has 0 saturated carbocycles. The summed E-state index contributed by atoms with van der Waals surface area (Å²) in [6, 6.07) is 8.47. The Kier molecular flexibility index (Phi) is 4.83. The van der Waals surface area contributed by atoms with E-state index in [0.29, 0.717) is 0 Å². The molecule has 0 fully saturated rings. The number of halogens is 4. The van der Waals surface area contributed by atoms with Crippen molar-refractivity contribution in [2.24, 2.45) is 0 Å². The molecule has 0 aromatic heterocycles. The second-order valence-corrected chi connectivity index (χ2v) is 4.63. The average molecular weight is 324 g/mol. The third-order valence-electron chi connectivity index (χ3n) is 3.12. The molecule has 120 valence electrons. The van der Waals surface area contributed by atoms with Gasteiger partial charge in [0.05, 0.1) is 12.7 Å². The van der Waals surface area contributed by atoms with Crippen LogP contribution in [0.3, 0.4) is 0 Å². The van der Waals surface area contributed by atoms with Crippen LogP contribution >= 0.6 is 0 Å². The van der Waals surface area contributed by atoms with E-state index in [1.165, 1.54) is 37.4 Å². The van der Waals surface area contributed by atoms with Gasteiger partial charge in [-0.15, -0.1) is 0 Å². The predicted molar refractivity (Wildman–Crippen MR) is 77.8 cm³/mol. The third kappa shape index (κ3) is 3.97. The summed E-state index contributed by atoms with van der Waals surface area (Å²) in [7, 11) is 1.29. The first kappa shape index (κ1) is 16.7. The number of carbonyl (C=O) groups is 1. The standard InChI is InChI=1S/C17H12F4O2/c1-23-16-9-7-12(10-14(16)18)15(22)8-6-11-4-2-3-5-13(11)17(19,20)21/h2-10H,1H3. The lowest BCUT2D eigenvalue weighted by Crippen LogP contribution is -2.07. The first-order chi connectivity index (χ1) is 10.8. The maximum Gasteiger partial charge on any atom is 0.416 e. The Morgan fingerprint density at radius 2 is 1.83 bits per heavy atom. The topological polar surface area (TPSA) is 26.3 Å². The summed E-state index contributed by atoms with van der Waals surface area (Å²) < 4.78 is 56.8. The van der Waals surface area contributed by atoms with Gasteiger partial charge in [0.2, 0.25) is 0 Å². The molecule has 2 aromatic carbocycles. The molecule has 0 aliphatic carbocycles. The smallest absolute Gasteiger partial charge is 0.416 e. The Hall–Kier alpha value is -2.63. The number of ketones is 1. The molecule has 0 radical (unpaired) electrons. The van der Waals surface area contributed by atoms with E-state index in [0.717, 1.165) is 24.3 Å². The Morgan fingerprint density at radius 3 is 2.43 bits per heavy atom. The van der Waals surface area contributed by atoms with E-state index in [9.17, 15) is 22.4 Å². The second-order valence-electron chi connectivity index (χ2n) is 4.63. The van der Waals surface area contributed by atoms with Crippen LogP contribution in [0.25, 0.3) is 6.08 Å². The molecule has 0 saturated heterocycles. The van der Waals surface area contributed by atoms with Gasteiger partial charge < -0.3 is 4.74 Å². The summed E-state index contributed by atoms with van der Waals surface area (Å²) >= 11 is 0. The highest BCUT2D eigenvalue weighted by Gasteiger charge is 2.32. The zero-order valence-electron chi connectivity index (χ0n) is 12.0. The maximum absolute atomic E-state index is 13.5. The second kappa shape index (κ2) is 6.64. The van der Waals surface area contributed by atoms with Crippen molar-refractivity contribution in [2.45, 2.75) is 6.18 Å². The molecule has 6 heteroatoms. The first-order valence-corrected chi connectivity index (χ1v) is 6.55. The molecule has 0 atom stereocenters. The monoisotopic (exact) mass is 324 g/mol. The van der Waals surface area contributed by atoms with Crippen molar-refractivity contribution >= 4 is 11.9 Å². The molecule has 23 heavy (non-hydrogen) atoms. The van der Waals surface area contributed by atoms with Crippen LogP contribution in [-0.4, -0.2) is 12.9 Å². The van der Waals surface area contributed by atoms with E-state index in [-0.39, 0.29) is 16.9 Å². The number of hydrogen-bond donors (Lipinski definition) is 0. The highest BCUT2D eigenvalue weighted by Crippen LogP contribution is 2.32. The molecule has 0 bridgehead atoms. The van der Waals surface area contributed by atoms with Gasteiger partial charge in [-0.25, -0.2) is 4.39 Å². The molecule has 2 nitrogen and oxygen atoms in total. The van der Waals surface area contributed by atoms with Crippen molar-refractivity contribution in [3.8, 4) is 5.75 Å². The van der Waals surface area contributed by atoms with Crippen molar-refractivity contribution in [2.75, 3.05) is 7.11 Å². The summed E-state index contributed by atoms with van der Waals surface area (Å²) in [5.74, 6) is -1.35.